The van der Waals surface area contributed by atoms with Crippen LogP contribution in [0.2, 0.25) is 0 Å². The topological polar surface area (TPSA) is 12.5 Å². The molecular formula is C9H19NO. The average molecular weight is 157 g/mol. The normalized spacial score (nSPS) is 31.6. The summed E-state index contributed by atoms with van der Waals surface area (Å²) in [6.45, 7) is 3.28. The first kappa shape index (κ1) is 9.01. The minimum Gasteiger partial charge on any atom is -0.374 e. The minimum absolute atomic E-state index is 0.495. The van der Waals surface area contributed by atoms with Gasteiger partial charge in [-0.1, -0.05) is 6.92 Å². The van der Waals surface area contributed by atoms with E-state index in [1.54, 1.807) is 0 Å². The number of hydrogen-bond donors (Lipinski definition) is 0. The third kappa shape index (κ3) is 2.80. The largest absolute Gasteiger partial charge is 0.374 e. The predicted octanol–water partition coefficient (Wildman–Crippen LogP) is 1.51. The molecule has 1 rings (SSSR count). The molecule has 1 aliphatic heterocycles. The third-order valence-electron chi connectivity index (χ3n) is 2.22. The highest BCUT2D eigenvalue weighted by Gasteiger charge is 2.23. The van der Waals surface area contributed by atoms with Crippen LogP contribution in [0.4, 0.5) is 0 Å². The van der Waals surface area contributed by atoms with Crippen LogP contribution in [0.5, 0.6) is 0 Å². The van der Waals surface area contributed by atoms with Gasteiger partial charge in [-0.3, -0.25) is 0 Å². The Morgan fingerprint density at radius 1 is 1.27 bits per heavy atom. The molecule has 1 aliphatic rings. The molecule has 2 atom stereocenters. The zero-order valence-electron chi connectivity index (χ0n) is 7.84. The summed E-state index contributed by atoms with van der Waals surface area (Å²) in [5.41, 5.74) is 0. The molecule has 0 amide bonds. The van der Waals surface area contributed by atoms with Crippen molar-refractivity contribution in [3.63, 3.8) is 0 Å². The Kier molecular flexibility index (Phi) is 3.34. The fourth-order valence-corrected chi connectivity index (χ4v) is 1.62. The van der Waals surface area contributed by atoms with Gasteiger partial charge in [-0.25, -0.2) is 0 Å². The lowest BCUT2D eigenvalue weighted by atomic mass is 10.1. The SMILES string of the molecule is CCC1CCC(CN(C)C)O1. The van der Waals surface area contributed by atoms with Gasteiger partial charge in [0.15, 0.2) is 0 Å². The molecule has 1 saturated heterocycles. The van der Waals surface area contributed by atoms with Crippen LogP contribution < -0.4 is 0 Å². The van der Waals surface area contributed by atoms with Crippen molar-refractivity contribution in [2.24, 2.45) is 0 Å². The van der Waals surface area contributed by atoms with Gasteiger partial charge in [-0.2, -0.15) is 0 Å². The Morgan fingerprint density at radius 2 is 1.91 bits per heavy atom. The van der Waals surface area contributed by atoms with E-state index in [-0.39, 0.29) is 0 Å². The zero-order valence-corrected chi connectivity index (χ0v) is 7.84. The first-order valence-corrected chi connectivity index (χ1v) is 4.52. The van der Waals surface area contributed by atoms with Crippen LogP contribution in [-0.2, 0) is 4.74 Å². The fourth-order valence-electron chi connectivity index (χ4n) is 1.62. The van der Waals surface area contributed by atoms with Crippen molar-refractivity contribution in [1.29, 1.82) is 0 Å². The van der Waals surface area contributed by atoms with Crippen LogP contribution in [0.25, 0.3) is 0 Å². The van der Waals surface area contributed by atoms with Gasteiger partial charge in [-0.05, 0) is 33.4 Å². The summed E-state index contributed by atoms with van der Waals surface area (Å²) in [6.07, 6.45) is 4.71. The van der Waals surface area contributed by atoms with Crippen LogP contribution in [0.1, 0.15) is 26.2 Å². The lowest BCUT2D eigenvalue weighted by Crippen LogP contribution is -2.26. The summed E-state index contributed by atoms with van der Waals surface area (Å²) in [7, 11) is 4.20. The average Bonchev–Trinajstić information content (AvgIpc) is 2.34. The number of rotatable bonds is 3. The van der Waals surface area contributed by atoms with Crippen molar-refractivity contribution in [3.8, 4) is 0 Å². The van der Waals surface area contributed by atoms with Gasteiger partial charge in [0.05, 0.1) is 12.2 Å². The molecular weight excluding hydrogens is 138 g/mol. The van der Waals surface area contributed by atoms with E-state index in [0.29, 0.717) is 12.2 Å². The molecule has 0 saturated carbocycles. The van der Waals surface area contributed by atoms with Crippen LogP contribution in [0.3, 0.4) is 0 Å². The van der Waals surface area contributed by atoms with Gasteiger partial charge >= 0.3 is 0 Å². The highest BCUT2D eigenvalue weighted by Crippen LogP contribution is 2.21. The minimum atomic E-state index is 0.495. The molecule has 0 radical (unpaired) electrons. The van der Waals surface area contributed by atoms with Gasteiger partial charge < -0.3 is 9.64 Å². The van der Waals surface area contributed by atoms with E-state index in [9.17, 15) is 0 Å². The lowest BCUT2D eigenvalue weighted by molar-refractivity contribution is 0.0297. The Morgan fingerprint density at radius 3 is 2.36 bits per heavy atom. The van der Waals surface area contributed by atoms with Crippen molar-refractivity contribution in [1.82, 2.24) is 4.90 Å². The predicted molar refractivity (Wildman–Crippen MR) is 46.7 cm³/mol. The molecule has 0 N–H and O–H groups in total. The van der Waals surface area contributed by atoms with Crippen molar-refractivity contribution in [3.05, 3.63) is 0 Å². The Hall–Kier alpha value is -0.0800. The maximum Gasteiger partial charge on any atom is 0.0706 e. The monoisotopic (exact) mass is 157 g/mol. The molecule has 0 bridgehead atoms. The van der Waals surface area contributed by atoms with Crippen LogP contribution >= 0.6 is 0 Å². The second-order valence-electron chi connectivity index (χ2n) is 3.63. The van der Waals surface area contributed by atoms with E-state index in [1.807, 2.05) is 0 Å². The van der Waals surface area contributed by atoms with Crippen LogP contribution in [0.15, 0.2) is 0 Å². The smallest absolute Gasteiger partial charge is 0.0706 e. The first-order valence-electron chi connectivity index (χ1n) is 4.52. The quantitative estimate of drug-likeness (QED) is 0.615. The Labute approximate surface area is 69.5 Å². The van der Waals surface area contributed by atoms with Gasteiger partial charge in [0.1, 0.15) is 0 Å². The first-order chi connectivity index (χ1) is 5.22. The van der Waals surface area contributed by atoms with Gasteiger partial charge in [0, 0.05) is 6.54 Å². The fraction of sp³-hybridized carbons (Fsp3) is 1.00. The van der Waals surface area contributed by atoms with Crippen molar-refractivity contribution in [2.75, 3.05) is 20.6 Å². The summed E-state index contributed by atoms with van der Waals surface area (Å²) in [5, 5.41) is 0. The van der Waals surface area contributed by atoms with E-state index in [4.69, 9.17) is 4.74 Å². The van der Waals surface area contributed by atoms with Crippen molar-refractivity contribution >= 4 is 0 Å². The molecule has 0 aromatic carbocycles. The summed E-state index contributed by atoms with van der Waals surface area (Å²) in [4.78, 5) is 2.20. The summed E-state index contributed by atoms with van der Waals surface area (Å²) in [6, 6.07) is 0. The number of nitrogens with zero attached hydrogens (tertiary/aromatic N) is 1. The van der Waals surface area contributed by atoms with E-state index >= 15 is 0 Å². The highest BCUT2D eigenvalue weighted by molar-refractivity contribution is 4.73. The maximum absolute atomic E-state index is 5.78. The van der Waals surface area contributed by atoms with Crippen LogP contribution in [-0.4, -0.2) is 37.7 Å². The molecule has 2 nitrogen and oxygen atoms in total. The Balaban J connectivity index is 2.19. The van der Waals surface area contributed by atoms with E-state index in [2.05, 4.69) is 25.9 Å². The molecule has 2 unspecified atom stereocenters. The molecule has 2 heteroatoms. The second-order valence-corrected chi connectivity index (χ2v) is 3.63. The molecule has 0 aromatic rings. The van der Waals surface area contributed by atoms with Gasteiger partial charge in [-0.15, -0.1) is 0 Å². The lowest BCUT2D eigenvalue weighted by Gasteiger charge is -2.16. The van der Waals surface area contributed by atoms with Crippen molar-refractivity contribution < 1.29 is 4.74 Å². The maximum atomic E-state index is 5.78. The number of ether oxygens (including phenoxy) is 1. The molecule has 1 heterocycles. The van der Waals surface area contributed by atoms with E-state index < -0.39 is 0 Å². The summed E-state index contributed by atoms with van der Waals surface area (Å²) < 4.78 is 5.78. The standard InChI is InChI=1S/C9H19NO/c1-4-8-5-6-9(11-8)7-10(2)3/h8-9H,4-7H2,1-3H3. The van der Waals surface area contributed by atoms with Gasteiger partial charge in [0.2, 0.25) is 0 Å². The number of likely N-dealkylation sites (N-methyl/N-ethyl adjacent to an activating group) is 1. The molecule has 0 aromatic heterocycles. The Bertz CT molecular complexity index is 114. The summed E-state index contributed by atoms with van der Waals surface area (Å²) >= 11 is 0. The van der Waals surface area contributed by atoms with Gasteiger partial charge in [0.25, 0.3) is 0 Å². The third-order valence-corrected chi connectivity index (χ3v) is 2.22. The highest BCUT2D eigenvalue weighted by atomic mass is 16.5. The number of hydrogen-bond acceptors (Lipinski definition) is 2. The van der Waals surface area contributed by atoms with E-state index in [1.165, 1.54) is 19.3 Å². The van der Waals surface area contributed by atoms with E-state index in [0.717, 1.165) is 6.54 Å². The van der Waals surface area contributed by atoms with Crippen LogP contribution in [0, 0.1) is 0 Å². The zero-order chi connectivity index (χ0) is 8.27. The molecule has 11 heavy (non-hydrogen) atoms. The van der Waals surface area contributed by atoms with Crippen molar-refractivity contribution in [2.45, 2.75) is 38.4 Å². The molecule has 66 valence electrons. The second kappa shape index (κ2) is 4.07. The molecule has 0 aliphatic carbocycles. The molecule has 1 fully saturated rings. The molecule has 0 spiro atoms. The summed E-state index contributed by atoms with van der Waals surface area (Å²) in [5.74, 6) is 0.